The van der Waals surface area contributed by atoms with Crippen molar-refractivity contribution < 1.29 is 18.0 Å². The van der Waals surface area contributed by atoms with Gasteiger partial charge in [-0.15, -0.1) is 0 Å². The van der Waals surface area contributed by atoms with Gasteiger partial charge in [-0.25, -0.2) is 8.42 Å². The SMILES string of the molecule is Cc1cccc(N(CC(=O)N(Cc2ccc(Cl)c(Cl)c2)C(Cc2ccccc2)C(=O)NC(C)C)S(C)(=O)=O)c1C. The van der Waals surface area contributed by atoms with E-state index >= 15 is 0 Å². The molecule has 7 nitrogen and oxygen atoms in total. The first-order valence-electron chi connectivity index (χ1n) is 12.9. The predicted octanol–water partition coefficient (Wildman–Crippen LogP) is 5.54. The maximum absolute atomic E-state index is 14.1. The van der Waals surface area contributed by atoms with Crippen LogP contribution in [0, 0.1) is 13.8 Å². The molecule has 3 aromatic rings. The minimum atomic E-state index is -3.85. The molecule has 40 heavy (non-hydrogen) atoms. The van der Waals surface area contributed by atoms with Crippen LogP contribution < -0.4 is 9.62 Å². The average molecular weight is 605 g/mol. The number of aryl methyl sites for hydroxylation is 1. The summed E-state index contributed by atoms with van der Waals surface area (Å²) in [5.74, 6) is -0.873. The van der Waals surface area contributed by atoms with E-state index in [0.29, 0.717) is 21.3 Å². The van der Waals surface area contributed by atoms with Gasteiger partial charge in [0.1, 0.15) is 12.6 Å². The molecule has 214 valence electrons. The number of rotatable bonds is 11. The molecule has 0 aliphatic heterocycles. The van der Waals surface area contributed by atoms with E-state index < -0.39 is 28.5 Å². The van der Waals surface area contributed by atoms with Gasteiger partial charge in [-0.3, -0.25) is 13.9 Å². The summed E-state index contributed by atoms with van der Waals surface area (Å²) in [6.07, 6.45) is 1.30. The first kappa shape index (κ1) is 31.5. The van der Waals surface area contributed by atoms with E-state index in [1.807, 2.05) is 64.1 Å². The molecule has 3 aromatic carbocycles. The van der Waals surface area contributed by atoms with Gasteiger partial charge in [-0.2, -0.15) is 0 Å². The highest BCUT2D eigenvalue weighted by Gasteiger charge is 2.33. The van der Waals surface area contributed by atoms with Crippen molar-refractivity contribution in [2.45, 2.75) is 52.7 Å². The van der Waals surface area contributed by atoms with Crippen LogP contribution in [0.5, 0.6) is 0 Å². The lowest BCUT2D eigenvalue weighted by Gasteiger charge is -2.34. The normalized spacial score (nSPS) is 12.2. The Kier molecular flexibility index (Phi) is 10.6. The molecule has 0 aromatic heterocycles. The van der Waals surface area contributed by atoms with Crippen LogP contribution in [-0.2, 0) is 32.6 Å². The van der Waals surface area contributed by atoms with E-state index in [4.69, 9.17) is 23.2 Å². The number of halogens is 2. The van der Waals surface area contributed by atoms with E-state index in [1.165, 1.54) is 4.90 Å². The molecule has 0 fully saturated rings. The van der Waals surface area contributed by atoms with Gasteiger partial charge < -0.3 is 10.2 Å². The Hall–Kier alpha value is -3.07. The lowest BCUT2D eigenvalue weighted by Crippen LogP contribution is -2.54. The van der Waals surface area contributed by atoms with Gasteiger partial charge >= 0.3 is 0 Å². The van der Waals surface area contributed by atoms with E-state index in [2.05, 4.69) is 5.32 Å². The average Bonchev–Trinajstić information content (AvgIpc) is 2.88. The third-order valence-electron chi connectivity index (χ3n) is 6.56. The van der Waals surface area contributed by atoms with Gasteiger partial charge in [0.2, 0.25) is 21.8 Å². The monoisotopic (exact) mass is 603 g/mol. The van der Waals surface area contributed by atoms with Crippen molar-refractivity contribution in [3.63, 3.8) is 0 Å². The van der Waals surface area contributed by atoms with Crippen LogP contribution in [0.2, 0.25) is 10.0 Å². The zero-order valence-electron chi connectivity index (χ0n) is 23.3. The number of carbonyl (C=O) groups excluding carboxylic acids is 2. The molecule has 0 aliphatic rings. The summed E-state index contributed by atoms with van der Waals surface area (Å²) in [6, 6.07) is 18.6. The van der Waals surface area contributed by atoms with Crippen LogP contribution in [0.15, 0.2) is 66.7 Å². The van der Waals surface area contributed by atoms with Crippen molar-refractivity contribution in [1.29, 1.82) is 0 Å². The smallest absolute Gasteiger partial charge is 0.244 e. The van der Waals surface area contributed by atoms with Crippen LogP contribution >= 0.6 is 23.2 Å². The molecule has 0 saturated heterocycles. The summed E-state index contributed by atoms with van der Waals surface area (Å²) >= 11 is 12.4. The van der Waals surface area contributed by atoms with Crippen molar-refractivity contribution in [1.82, 2.24) is 10.2 Å². The number of carbonyl (C=O) groups is 2. The minimum absolute atomic E-state index is 0.0170. The van der Waals surface area contributed by atoms with Gasteiger partial charge in [-0.05, 0) is 68.1 Å². The Morgan fingerprint density at radius 1 is 0.900 bits per heavy atom. The van der Waals surface area contributed by atoms with E-state index in [1.54, 1.807) is 30.3 Å². The number of amides is 2. The Balaban J connectivity index is 2.10. The lowest BCUT2D eigenvalue weighted by atomic mass is 10.0. The van der Waals surface area contributed by atoms with E-state index in [9.17, 15) is 18.0 Å². The predicted molar refractivity (Wildman–Crippen MR) is 162 cm³/mol. The second kappa shape index (κ2) is 13.5. The molecule has 1 atom stereocenters. The molecule has 0 radical (unpaired) electrons. The van der Waals surface area contributed by atoms with Gasteiger partial charge in [0.15, 0.2) is 0 Å². The van der Waals surface area contributed by atoms with Crippen LogP contribution in [0.3, 0.4) is 0 Å². The number of anilines is 1. The number of hydrogen-bond donors (Lipinski definition) is 1. The maximum atomic E-state index is 14.1. The van der Waals surface area contributed by atoms with Crippen molar-refractivity contribution in [2.24, 2.45) is 0 Å². The number of nitrogens with zero attached hydrogens (tertiary/aromatic N) is 2. The van der Waals surface area contributed by atoms with E-state index in [-0.39, 0.29) is 24.9 Å². The highest BCUT2D eigenvalue weighted by molar-refractivity contribution is 7.92. The van der Waals surface area contributed by atoms with E-state index in [0.717, 1.165) is 27.3 Å². The Bertz CT molecular complexity index is 1460. The Labute approximate surface area is 247 Å². The standard InChI is InChI=1S/C30H35Cl2N3O4S/c1-20(2)33-30(37)28(17-23-11-7-6-8-12-23)34(18-24-14-15-25(31)26(32)16-24)29(36)19-35(40(5,38)39)27-13-9-10-21(3)22(27)4/h6-16,20,28H,17-19H2,1-5H3,(H,33,37). The second-order valence-electron chi connectivity index (χ2n) is 10.1. The summed E-state index contributed by atoms with van der Waals surface area (Å²) in [5, 5.41) is 3.60. The molecular weight excluding hydrogens is 569 g/mol. The van der Waals surface area contributed by atoms with Gasteiger partial charge in [0, 0.05) is 19.0 Å². The first-order chi connectivity index (χ1) is 18.8. The first-order valence-corrected chi connectivity index (χ1v) is 15.5. The summed E-state index contributed by atoms with van der Waals surface area (Å²) in [4.78, 5) is 29.1. The van der Waals surface area contributed by atoms with Crippen molar-refractivity contribution in [3.05, 3.63) is 99.0 Å². The van der Waals surface area contributed by atoms with Gasteiger partial charge in [-0.1, -0.05) is 71.7 Å². The summed E-state index contributed by atoms with van der Waals surface area (Å²) in [7, 11) is -3.85. The van der Waals surface area contributed by atoms with Crippen LogP contribution in [0.4, 0.5) is 5.69 Å². The molecule has 1 unspecified atom stereocenters. The minimum Gasteiger partial charge on any atom is -0.352 e. The number of sulfonamides is 1. The quantitative estimate of drug-likeness (QED) is 0.312. The third kappa shape index (κ3) is 8.22. The molecule has 1 N–H and O–H groups in total. The summed E-state index contributed by atoms with van der Waals surface area (Å²) in [6.45, 7) is 6.91. The zero-order valence-corrected chi connectivity index (χ0v) is 25.6. The molecule has 2 amide bonds. The summed E-state index contributed by atoms with van der Waals surface area (Å²) in [5.41, 5.74) is 3.56. The maximum Gasteiger partial charge on any atom is 0.244 e. The highest BCUT2D eigenvalue weighted by atomic mass is 35.5. The highest BCUT2D eigenvalue weighted by Crippen LogP contribution is 2.27. The number of hydrogen-bond acceptors (Lipinski definition) is 4. The largest absolute Gasteiger partial charge is 0.352 e. The fourth-order valence-corrected chi connectivity index (χ4v) is 5.59. The topological polar surface area (TPSA) is 86.8 Å². The summed E-state index contributed by atoms with van der Waals surface area (Å²) < 4.78 is 27.1. The molecular formula is C30H35Cl2N3O4S. The third-order valence-corrected chi connectivity index (χ3v) is 8.43. The molecule has 3 rings (SSSR count). The molecule has 0 aliphatic carbocycles. The molecule has 0 heterocycles. The van der Waals surface area contributed by atoms with Crippen LogP contribution in [0.25, 0.3) is 0 Å². The fraction of sp³-hybridized carbons (Fsp3) is 0.333. The number of nitrogens with one attached hydrogen (secondary N) is 1. The van der Waals surface area contributed by atoms with Crippen LogP contribution in [-0.4, -0.2) is 50.0 Å². The Morgan fingerprint density at radius 3 is 2.17 bits per heavy atom. The lowest BCUT2D eigenvalue weighted by molar-refractivity contribution is -0.140. The molecule has 10 heteroatoms. The van der Waals surface area contributed by atoms with Crippen molar-refractivity contribution in [2.75, 3.05) is 17.1 Å². The van der Waals surface area contributed by atoms with Crippen molar-refractivity contribution in [3.8, 4) is 0 Å². The van der Waals surface area contributed by atoms with Gasteiger partial charge in [0.05, 0.1) is 22.0 Å². The molecule has 0 saturated carbocycles. The van der Waals surface area contributed by atoms with Crippen LogP contribution in [0.1, 0.15) is 36.1 Å². The Morgan fingerprint density at radius 2 is 1.57 bits per heavy atom. The van der Waals surface area contributed by atoms with Gasteiger partial charge in [0.25, 0.3) is 0 Å². The molecule has 0 spiro atoms. The molecule has 0 bridgehead atoms. The fourth-order valence-electron chi connectivity index (χ4n) is 4.37. The second-order valence-corrected chi connectivity index (χ2v) is 12.8. The number of benzene rings is 3. The zero-order chi connectivity index (χ0) is 29.6. The van der Waals surface area contributed by atoms with Crippen molar-refractivity contribution >= 4 is 50.7 Å².